The molecule has 0 spiro atoms. The van der Waals surface area contributed by atoms with Crippen LogP contribution < -0.4 is 0 Å². The number of rotatable bonds is 3. The van der Waals surface area contributed by atoms with Gasteiger partial charge in [0.15, 0.2) is 0 Å². The third kappa shape index (κ3) is 2.96. The first-order valence-electron chi connectivity index (χ1n) is 5.44. The van der Waals surface area contributed by atoms with Gasteiger partial charge in [-0.05, 0) is 31.1 Å². The highest BCUT2D eigenvalue weighted by molar-refractivity contribution is 4.82. The lowest BCUT2D eigenvalue weighted by Crippen LogP contribution is -2.37. The molecule has 1 aliphatic rings. The maximum atomic E-state index is 9.73. The first-order chi connectivity index (χ1) is 6.15. The highest BCUT2D eigenvalue weighted by Crippen LogP contribution is 2.30. The maximum absolute atomic E-state index is 9.73. The van der Waals surface area contributed by atoms with Crippen LogP contribution >= 0.6 is 0 Å². The average molecular weight is 186 g/mol. The van der Waals surface area contributed by atoms with Crippen molar-refractivity contribution in [1.29, 1.82) is 0 Å². The van der Waals surface area contributed by atoms with E-state index < -0.39 is 0 Å². The molecule has 2 unspecified atom stereocenters. The Morgan fingerprint density at radius 1 is 1.23 bits per heavy atom. The summed E-state index contributed by atoms with van der Waals surface area (Å²) in [5.41, 5.74) is 0. The van der Waals surface area contributed by atoms with Gasteiger partial charge in [-0.15, -0.1) is 0 Å². The minimum Gasteiger partial charge on any atom is -0.393 e. The van der Waals surface area contributed by atoms with Gasteiger partial charge in [-0.2, -0.15) is 0 Å². The average Bonchev–Trinajstić information content (AvgIpc) is 2.10. The van der Waals surface area contributed by atoms with Gasteiger partial charge in [-0.25, -0.2) is 0 Å². The van der Waals surface area contributed by atoms with Crippen molar-refractivity contribution in [1.82, 2.24) is 0 Å². The predicted molar refractivity (Wildman–Crippen MR) is 53.6 cm³/mol. The number of aliphatic hydroxyl groups excluding tert-OH is 1. The van der Waals surface area contributed by atoms with Crippen molar-refractivity contribution < 1.29 is 9.84 Å². The molecular weight excluding hydrogens is 164 g/mol. The van der Waals surface area contributed by atoms with Crippen LogP contribution in [0.1, 0.15) is 40.0 Å². The van der Waals surface area contributed by atoms with E-state index in [1.807, 2.05) is 0 Å². The van der Waals surface area contributed by atoms with Gasteiger partial charge in [0.25, 0.3) is 0 Å². The van der Waals surface area contributed by atoms with Crippen LogP contribution in [0.3, 0.4) is 0 Å². The van der Waals surface area contributed by atoms with Gasteiger partial charge in [-0.3, -0.25) is 0 Å². The number of hydrogen-bond acceptors (Lipinski definition) is 2. The van der Waals surface area contributed by atoms with E-state index in [-0.39, 0.29) is 6.10 Å². The van der Waals surface area contributed by atoms with Crippen molar-refractivity contribution in [3.8, 4) is 0 Å². The molecule has 2 heteroatoms. The zero-order valence-electron chi connectivity index (χ0n) is 8.99. The fraction of sp³-hybridized carbons (Fsp3) is 1.00. The quantitative estimate of drug-likeness (QED) is 0.732. The fourth-order valence-corrected chi connectivity index (χ4v) is 2.19. The predicted octanol–water partition coefficient (Wildman–Crippen LogP) is 2.21. The summed E-state index contributed by atoms with van der Waals surface area (Å²) in [7, 11) is 0. The van der Waals surface area contributed by atoms with Crippen LogP contribution in [0.2, 0.25) is 0 Å². The second kappa shape index (κ2) is 4.97. The van der Waals surface area contributed by atoms with Crippen molar-refractivity contribution in [2.75, 3.05) is 6.61 Å². The Morgan fingerprint density at radius 2 is 1.77 bits per heavy atom. The lowest BCUT2D eigenvalue weighted by atomic mass is 9.79. The summed E-state index contributed by atoms with van der Waals surface area (Å²) in [6.07, 6.45) is 3.38. The lowest BCUT2D eigenvalue weighted by molar-refractivity contribution is -0.0562. The van der Waals surface area contributed by atoms with Gasteiger partial charge in [0, 0.05) is 6.61 Å². The smallest absolute Gasteiger partial charge is 0.0593 e. The molecule has 1 aliphatic carbocycles. The molecule has 1 fully saturated rings. The normalized spacial score (nSPS) is 40.6. The molecule has 0 saturated heterocycles. The Kier molecular flexibility index (Phi) is 4.20. The number of hydrogen-bond donors (Lipinski definition) is 1. The molecule has 0 bridgehead atoms. The first-order valence-corrected chi connectivity index (χ1v) is 5.44. The van der Waals surface area contributed by atoms with E-state index in [1.54, 1.807) is 0 Å². The molecule has 13 heavy (non-hydrogen) atoms. The Bertz CT molecular complexity index is 135. The second-order valence-corrected chi connectivity index (χ2v) is 4.41. The molecule has 0 amide bonds. The van der Waals surface area contributed by atoms with Gasteiger partial charge in [-0.1, -0.05) is 20.8 Å². The molecule has 1 saturated carbocycles. The summed E-state index contributed by atoms with van der Waals surface area (Å²) in [4.78, 5) is 0. The van der Waals surface area contributed by atoms with Crippen LogP contribution in [0, 0.1) is 11.8 Å². The van der Waals surface area contributed by atoms with Crippen LogP contribution in [0.5, 0.6) is 0 Å². The monoisotopic (exact) mass is 186 g/mol. The lowest BCUT2D eigenvalue weighted by Gasteiger charge is -2.35. The van der Waals surface area contributed by atoms with Crippen LogP contribution in [-0.2, 0) is 4.74 Å². The number of aliphatic hydroxyl groups is 1. The molecule has 0 aromatic rings. The standard InChI is InChI=1S/C11H22O2/c1-4-5-13-10-6-8(2)11(12)9(3)7-10/h8-12H,4-7H2,1-3H3/t8-,9+,10?,11?. The fourth-order valence-electron chi connectivity index (χ4n) is 2.19. The molecular formula is C11H22O2. The topological polar surface area (TPSA) is 29.5 Å². The van der Waals surface area contributed by atoms with Crippen LogP contribution in [0.4, 0.5) is 0 Å². The minimum atomic E-state index is -0.124. The van der Waals surface area contributed by atoms with E-state index >= 15 is 0 Å². The van der Waals surface area contributed by atoms with Gasteiger partial charge in [0.1, 0.15) is 0 Å². The van der Waals surface area contributed by atoms with Gasteiger partial charge in [0.2, 0.25) is 0 Å². The van der Waals surface area contributed by atoms with E-state index in [1.165, 1.54) is 0 Å². The number of ether oxygens (including phenoxy) is 1. The minimum absolute atomic E-state index is 0.124. The van der Waals surface area contributed by atoms with E-state index in [9.17, 15) is 5.11 Å². The molecule has 1 rings (SSSR count). The molecule has 0 radical (unpaired) electrons. The summed E-state index contributed by atoms with van der Waals surface area (Å²) in [6, 6.07) is 0. The summed E-state index contributed by atoms with van der Waals surface area (Å²) in [6.45, 7) is 7.22. The Balaban J connectivity index is 2.35. The zero-order chi connectivity index (χ0) is 9.84. The summed E-state index contributed by atoms with van der Waals surface area (Å²) in [5.74, 6) is 0.788. The van der Waals surface area contributed by atoms with Crippen molar-refractivity contribution in [3.05, 3.63) is 0 Å². The highest BCUT2D eigenvalue weighted by atomic mass is 16.5. The third-order valence-electron chi connectivity index (χ3n) is 2.99. The third-order valence-corrected chi connectivity index (χ3v) is 2.99. The molecule has 1 N–H and O–H groups in total. The van der Waals surface area contributed by atoms with E-state index in [4.69, 9.17) is 4.74 Å². The SMILES string of the molecule is CCCOC1C[C@@H](C)C(O)[C@@H](C)C1. The van der Waals surface area contributed by atoms with E-state index in [0.29, 0.717) is 17.9 Å². The van der Waals surface area contributed by atoms with Gasteiger partial charge >= 0.3 is 0 Å². The van der Waals surface area contributed by atoms with Crippen molar-refractivity contribution in [3.63, 3.8) is 0 Å². The molecule has 4 atom stereocenters. The van der Waals surface area contributed by atoms with Gasteiger partial charge in [0.05, 0.1) is 12.2 Å². The van der Waals surface area contributed by atoms with Crippen molar-refractivity contribution in [2.45, 2.75) is 52.2 Å². The van der Waals surface area contributed by atoms with E-state index in [2.05, 4.69) is 20.8 Å². The molecule has 0 aliphatic heterocycles. The largest absolute Gasteiger partial charge is 0.393 e. The summed E-state index contributed by atoms with van der Waals surface area (Å²) >= 11 is 0. The molecule has 2 nitrogen and oxygen atoms in total. The summed E-state index contributed by atoms with van der Waals surface area (Å²) < 4.78 is 5.71. The Morgan fingerprint density at radius 3 is 2.23 bits per heavy atom. The van der Waals surface area contributed by atoms with Gasteiger partial charge < -0.3 is 9.84 Å². The molecule has 0 aromatic carbocycles. The maximum Gasteiger partial charge on any atom is 0.0593 e. The highest BCUT2D eigenvalue weighted by Gasteiger charge is 2.31. The van der Waals surface area contributed by atoms with Crippen molar-refractivity contribution >= 4 is 0 Å². The molecule has 0 aromatic heterocycles. The van der Waals surface area contributed by atoms with Crippen LogP contribution in [0.25, 0.3) is 0 Å². The molecule has 0 heterocycles. The Hall–Kier alpha value is -0.0800. The summed E-state index contributed by atoms with van der Waals surface area (Å²) in [5, 5.41) is 9.73. The first kappa shape index (κ1) is 11.0. The molecule has 78 valence electrons. The Labute approximate surface area is 81.3 Å². The van der Waals surface area contributed by atoms with Crippen molar-refractivity contribution in [2.24, 2.45) is 11.8 Å². The zero-order valence-corrected chi connectivity index (χ0v) is 8.99. The second-order valence-electron chi connectivity index (χ2n) is 4.41. The van der Waals surface area contributed by atoms with E-state index in [0.717, 1.165) is 25.9 Å². The van der Waals surface area contributed by atoms with Crippen LogP contribution in [-0.4, -0.2) is 23.9 Å². The van der Waals surface area contributed by atoms with Crippen LogP contribution in [0.15, 0.2) is 0 Å².